The first kappa shape index (κ1) is 15.6. The Morgan fingerprint density at radius 2 is 1.31 bits per heavy atom. The number of carbonyl (C=O) groups excluding carboxylic acids is 4. The molecule has 0 bridgehead atoms. The van der Waals surface area contributed by atoms with Crippen molar-refractivity contribution < 1.29 is 24.1 Å². The van der Waals surface area contributed by atoms with Crippen LogP contribution in [0.3, 0.4) is 0 Å². The van der Waals surface area contributed by atoms with Gasteiger partial charge in [-0.2, -0.15) is 0 Å². The highest BCUT2D eigenvalue weighted by atomic mass is 16.6. The Labute approximate surface area is 145 Å². The van der Waals surface area contributed by atoms with Crippen molar-refractivity contribution in [3.05, 3.63) is 68.8 Å². The molecule has 2 aliphatic heterocycles. The number of carbonyl (C=O) groups is 4. The molecule has 128 valence electrons. The van der Waals surface area contributed by atoms with Crippen molar-refractivity contribution in [1.82, 2.24) is 4.90 Å². The third-order valence-corrected chi connectivity index (χ3v) is 4.41. The highest BCUT2D eigenvalue weighted by Gasteiger charge is 2.40. The summed E-state index contributed by atoms with van der Waals surface area (Å²) in [6.45, 7) is 0. The van der Waals surface area contributed by atoms with E-state index in [9.17, 15) is 29.3 Å². The molecule has 4 rings (SSSR count). The Kier molecular flexibility index (Phi) is 3.04. The van der Waals surface area contributed by atoms with Gasteiger partial charge < -0.3 is 0 Å². The van der Waals surface area contributed by atoms with E-state index in [1.54, 1.807) is 0 Å². The van der Waals surface area contributed by atoms with Crippen LogP contribution in [0.5, 0.6) is 0 Å². The van der Waals surface area contributed by atoms with Crippen LogP contribution >= 0.6 is 0 Å². The van der Waals surface area contributed by atoms with E-state index in [-0.39, 0.29) is 33.6 Å². The minimum Gasteiger partial charge on any atom is -0.277 e. The van der Waals surface area contributed by atoms with Gasteiger partial charge in [0.25, 0.3) is 29.3 Å². The van der Waals surface area contributed by atoms with Crippen LogP contribution in [0.4, 0.5) is 11.4 Å². The normalized spacial score (nSPS) is 15.6. The molecule has 2 aliphatic rings. The van der Waals surface area contributed by atoms with Gasteiger partial charge in [-0.1, -0.05) is 0 Å². The summed E-state index contributed by atoms with van der Waals surface area (Å²) in [5, 5.41) is 10.9. The zero-order valence-corrected chi connectivity index (χ0v) is 13.3. The second-order valence-electron chi connectivity index (χ2n) is 5.83. The maximum atomic E-state index is 12.6. The maximum Gasteiger partial charge on any atom is 0.270 e. The quantitative estimate of drug-likeness (QED) is 0.461. The van der Waals surface area contributed by atoms with Crippen molar-refractivity contribution in [2.24, 2.45) is 0 Å². The van der Waals surface area contributed by atoms with Gasteiger partial charge in [-0.3, -0.25) is 34.2 Å². The molecule has 0 saturated carbocycles. The molecule has 26 heavy (non-hydrogen) atoms. The molecule has 0 saturated heterocycles. The molecule has 2 aromatic rings. The number of nitrogens with zero attached hydrogens (tertiary/aromatic N) is 3. The summed E-state index contributed by atoms with van der Waals surface area (Å²) in [5.74, 6) is -2.36. The number of amides is 4. The Balaban J connectivity index is 1.80. The number of nitro benzene ring substituents is 1. The van der Waals surface area contributed by atoms with E-state index in [0.29, 0.717) is 0 Å². The van der Waals surface area contributed by atoms with E-state index in [1.165, 1.54) is 31.3 Å². The van der Waals surface area contributed by atoms with E-state index in [2.05, 4.69) is 0 Å². The average molecular weight is 351 g/mol. The molecule has 0 aromatic heterocycles. The average Bonchev–Trinajstić information content (AvgIpc) is 3.01. The van der Waals surface area contributed by atoms with Gasteiger partial charge in [0.2, 0.25) is 0 Å². The Morgan fingerprint density at radius 1 is 0.769 bits per heavy atom. The number of nitro groups is 1. The number of imide groups is 2. The van der Waals surface area contributed by atoms with Gasteiger partial charge in [0.05, 0.1) is 32.9 Å². The predicted molar refractivity (Wildman–Crippen MR) is 87.1 cm³/mol. The summed E-state index contributed by atoms with van der Waals surface area (Å²) in [6, 6.07) is 7.48. The van der Waals surface area contributed by atoms with Crippen LogP contribution in [-0.4, -0.2) is 40.5 Å². The smallest absolute Gasteiger partial charge is 0.270 e. The number of anilines is 1. The molecule has 0 spiro atoms. The van der Waals surface area contributed by atoms with Crippen LogP contribution in [0.15, 0.2) is 36.4 Å². The first-order valence-electron chi connectivity index (χ1n) is 7.45. The van der Waals surface area contributed by atoms with Gasteiger partial charge in [-0.05, 0) is 24.3 Å². The highest BCUT2D eigenvalue weighted by Crippen LogP contribution is 2.33. The van der Waals surface area contributed by atoms with Crippen molar-refractivity contribution in [2.75, 3.05) is 11.9 Å². The highest BCUT2D eigenvalue weighted by molar-refractivity contribution is 6.35. The second-order valence-corrected chi connectivity index (χ2v) is 5.83. The topological polar surface area (TPSA) is 118 Å². The minimum atomic E-state index is -0.723. The van der Waals surface area contributed by atoms with Crippen LogP contribution < -0.4 is 4.90 Å². The standard InChI is InChI=1S/C17H9N3O6/c1-18-14(21)10-4-2-8(6-12(10)15(18)22)19-16(23)11-5-3-9(20(25)26)7-13(11)17(19)24/h2-7H,1H3. The van der Waals surface area contributed by atoms with Crippen molar-refractivity contribution in [3.8, 4) is 0 Å². The monoisotopic (exact) mass is 351 g/mol. The maximum absolute atomic E-state index is 12.6. The molecule has 9 heteroatoms. The molecule has 9 nitrogen and oxygen atoms in total. The summed E-state index contributed by atoms with van der Waals surface area (Å²) >= 11 is 0. The predicted octanol–water partition coefficient (Wildman–Crippen LogP) is 1.62. The first-order valence-corrected chi connectivity index (χ1v) is 7.45. The Morgan fingerprint density at radius 3 is 2.00 bits per heavy atom. The van der Waals surface area contributed by atoms with Crippen molar-refractivity contribution in [1.29, 1.82) is 0 Å². The number of non-ortho nitro benzene ring substituents is 1. The lowest BCUT2D eigenvalue weighted by atomic mass is 10.1. The van der Waals surface area contributed by atoms with Crippen molar-refractivity contribution in [3.63, 3.8) is 0 Å². The van der Waals surface area contributed by atoms with Crippen molar-refractivity contribution in [2.45, 2.75) is 0 Å². The SMILES string of the molecule is CN1C(=O)c2ccc(N3C(=O)c4ccc([N+](=O)[O-])cc4C3=O)cc2C1=O. The van der Waals surface area contributed by atoms with Gasteiger partial charge in [-0.25, -0.2) is 4.90 Å². The molecule has 0 atom stereocenters. The third-order valence-electron chi connectivity index (χ3n) is 4.41. The largest absolute Gasteiger partial charge is 0.277 e. The Bertz CT molecular complexity index is 1070. The molecule has 2 heterocycles. The van der Waals surface area contributed by atoms with Crippen molar-refractivity contribution >= 4 is 35.0 Å². The van der Waals surface area contributed by atoms with Gasteiger partial charge in [0.15, 0.2) is 0 Å². The molecule has 2 aromatic carbocycles. The van der Waals surface area contributed by atoms with Gasteiger partial charge in [0, 0.05) is 19.2 Å². The van der Waals surface area contributed by atoms with Crippen LogP contribution in [-0.2, 0) is 0 Å². The molecule has 0 radical (unpaired) electrons. The number of hydrogen-bond donors (Lipinski definition) is 0. The summed E-state index contributed by atoms with van der Waals surface area (Å²) < 4.78 is 0. The third kappa shape index (κ3) is 1.91. The molecule has 0 aliphatic carbocycles. The Hall–Kier alpha value is -3.88. The number of benzene rings is 2. The number of fused-ring (bicyclic) bond motifs is 2. The van der Waals surface area contributed by atoms with Crippen LogP contribution in [0.2, 0.25) is 0 Å². The zero-order chi connectivity index (χ0) is 18.7. The second kappa shape index (κ2) is 5.06. The van der Waals surface area contributed by atoms with E-state index >= 15 is 0 Å². The van der Waals surface area contributed by atoms with Gasteiger partial charge >= 0.3 is 0 Å². The fourth-order valence-electron chi connectivity index (χ4n) is 3.07. The lowest BCUT2D eigenvalue weighted by Gasteiger charge is -2.14. The van der Waals surface area contributed by atoms with E-state index in [0.717, 1.165) is 21.9 Å². The minimum absolute atomic E-state index is 0.0422. The number of hydrogen-bond acceptors (Lipinski definition) is 6. The molecular formula is C17H9N3O6. The van der Waals surface area contributed by atoms with Crippen LogP contribution in [0, 0.1) is 10.1 Å². The van der Waals surface area contributed by atoms with Gasteiger partial charge in [0.1, 0.15) is 0 Å². The summed E-state index contributed by atoms with van der Waals surface area (Å²) in [4.78, 5) is 61.3. The fourth-order valence-corrected chi connectivity index (χ4v) is 3.07. The summed E-state index contributed by atoms with van der Waals surface area (Å²) in [6.07, 6.45) is 0. The fraction of sp³-hybridized carbons (Fsp3) is 0.0588. The molecule has 0 fully saturated rings. The van der Waals surface area contributed by atoms with E-state index in [1.807, 2.05) is 0 Å². The van der Waals surface area contributed by atoms with E-state index in [4.69, 9.17) is 0 Å². The molecular weight excluding hydrogens is 342 g/mol. The molecule has 0 N–H and O–H groups in total. The lowest BCUT2D eigenvalue weighted by Crippen LogP contribution is -2.29. The van der Waals surface area contributed by atoms with Gasteiger partial charge in [-0.15, -0.1) is 0 Å². The molecule has 4 amide bonds. The molecule has 0 unspecified atom stereocenters. The van der Waals surface area contributed by atoms with E-state index < -0.39 is 28.6 Å². The number of rotatable bonds is 2. The first-order chi connectivity index (χ1) is 12.3. The zero-order valence-electron chi connectivity index (χ0n) is 13.3. The lowest BCUT2D eigenvalue weighted by molar-refractivity contribution is -0.384. The van der Waals surface area contributed by atoms with Crippen LogP contribution in [0.25, 0.3) is 0 Å². The summed E-state index contributed by atoms with van der Waals surface area (Å²) in [5.41, 5.74) is 0.0630. The summed E-state index contributed by atoms with van der Waals surface area (Å²) in [7, 11) is 1.34. The van der Waals surface area contributed by atoms with Crippen LogP contribution in [0.1, 0.15) is 41.4 Å².